The van der Waals surface area contributed by atoms with Crippen LogP contribution in [0.25, 0.3) is 5.57 Å². The van der Waals surface area contributed by atoms with E-state index in [0.29, 0.717) is 22.0 Å². The van der Waals surface area contributed by atoms with Crippen molar-refractivity contribution in [3.63, 3.8) is 0 Å². The molecule has 1 aliphatic rings. The number of nitrogens with one attached hydrogen (secondary N) is 1. The molecule has 6 heteroatoms. The van der Waals surface area contributed by atoms with Gasteiger partial charge >= 0.3 is 0 Å². The van der Waals surface area contributed by atoms with Gasteiger partial charge in [0.05, 0.1) is 11.3 Å². The maximum atomic E-state index is 13.4. The summed E-state index contributed by atoms with van der Waals surface area (Å²) in [5.41, 5.74) is 3.89. The molecule has 158 valence electrons. The molecule has 0 radical (unpaired) electrons. The second-order valence-corrected chi connectivity index (χ2v) is 9.91. The highest BCUT2D eigenvalue weighted by Crippen LogP contribution is 2.36. The molecule has 0 aliphatic carbocycles. The maximum absolute atomic E-state index is 13.4. The lowest BCUT2D eigenvalue weighted by Gasteiger charge is -2.21. The Kier molecular flexibility index (Phi) is 5.50. The van der Waals surface area contributed by atoms with Crippen LogP contribution in [0.3, 0.4) is 0 Å². The molecule has 2 aromatic carbocycles. The number of anilines is 2. The number of hydrogen-bond donors (Lipinski definition) is 1. The van der Waals surface area contributed by atoms with Crippen LogP contribution in [-0.2, 0) is 15.0 Å². The number of aryl methyl sites for hydroxylation is 1. The lowest BCUT2D eigenvalue weighted by Crippen LogP contribution is -2.32. The summed E-state index contributed by atoms with van der Waals surface area (Å²) in [7, 11) is 0. The van der Waals surface area contributed by atoms with Gasteiger partial charge in [0.15, 0.2) is 0 Å². The van der Waals surface area contributed by atoms with Crippen molar-refractivity contribution in [3.05, 3.63) is 86.7 Å². The number of hydrogen-bond acceptors (Lipinski definition) is 4. The fraction of sp³-hybridized carbons (Fsp3) is 0.200. The molecule has 0 fully saturated rings. The topological polar surface area (TPSA) is 49.4 Å². The third kappa shape index (κ3) is 4.03. The van der Waals surface area contributed by atoms with Gasteiger partial charge in [-0.1, -0.05) is 56.6 Å². The van der Waals surface area contributed by atoms with Crippen molar-refractivity contribution < 1.29 is 9.59 Å². The van der Waals surface area contributed by atoms with E-state index >= 15 is 0 Å². The molecule has 0 bridgehead atoms. The fourth-order valence-electron chi connectivity index (χ4n) is 3.46. The van der Waals surface area contributed by atoms with Gasteiger partial charge in [-0.3, -0.25) is 9.59 Å². The van der Waals surface area contributed by atoms with E-state index in [2.05, 4.69) is 26.1 Å². The van der Waals surface area contributed by atoms with Crippen LogP contribution in [0.1, 0.15) is 36.8 Å². The number of nitrogens with zero attached hydrogens (tertiary/aromatic N) is 1. The molecule has 4 rings (SSSR count). The molecule has 2 heterocycles. The predicted octanol–water partition coefficient (Wildman–Crippen LogP) is 6.40. The van der Waals surface area contributed by atoms with Gasteiger partial charge in [-0.2, -0.15) is 0 Å². The molecule has 3 aromatic rings. The highest BCUT2D eigenvalue weighted by atomic mass is 35.5. The molecule has 1 aromatic heterocycles. The van der Waals surface area contributed by atoms with Crippen LogP contribution in [0.4, 0.5) is 11.4 Å². The Bertz CT molecular complexity index is 1190. The first-order valence-corrected chi connectivity index (χ1v) is 11.2. The molecule has 1 aliphatic heterocycles. The molecular formula is C25H23ClN2O2S. The quantitative estimate of drug-likeness (QED) is 0.467. The Morgan fingerprint density at radius 1 is 0.968 bits per heavy atom. The van der Waals surface area contributed by atoms with Crippen LogP contribution >= 0.6 is 22.9 Å². The largest absolute Gasteiger partial charge is 0.350 e. The Hall–Kier alpha value is -2.89. The number of amides is 2. The van der Waals surface area contributed by atoms with E-state index in [-0.39, 0.29) is 22.9 Å². The van der Waals surface area contributed by atoms with Crippen molar-refractivity contribution in [2.75, 3.05) is 10.2 Å². The van der Waals surface area contributed by atoms with Crippen LogP contribution in [0.15, 0.2) is 65.7 Å². The maximum Gasteiger partial charge on any atom is 0.282 e. The summed E-state index contributed by atoms with van der Waals surface area (Å²) in [4.78, 5) is 28.8. The van der Waals surface area contributed by atoms with Crippen molar-refractivity contribution in [2.45, 2.75) is 33.1 Å². The van der Waals surface area contributed by atoms with Crippen molar-refractivity contribution in [1.82, 2.24) is 0 Å². The SMILES string of the molecule is Cc1ccc(NC2=C(c3cccs3)C(=O)N(c3ccc(C(C)(C)C)cc3)C2=O)cc1Cl. The van der Waals surface area contributed by atoms with Crippen molar-refractivity contribution in [3.8, 4) is 0 Å². The number of benzene rings is 2. The summed E-state index contributed by atoms with van der Waals surface area (Å²) >= 11 is 7.69. The number of halogens is 1. The number of rotatable bonds is 4. The van der Waals surface area contributed by atoms with E-state index in [4.69, 9.17) is 11.6 Å². The zero-order valence-corrected chi connectivity index (χ0v) is 19.4. The van der Waals surface area contributed by atoms with Crippen molar-refractivity contribution in [2.24, 2.45) is 0 Å². The number of carbonyl (C=O) groups is 2. The summed E-state index contributed by atoms with van der Waals surface area (Å²) in [5, 5.41) is 5.64. The molecule has 4 nitrogen and oxygen atoms in total. The van der Waals surface area contributed by atoms with Gasteiger partial charge in [-0.05, 0) is 59.2 Å². The zero-order chi connectivity index (χ0) is 22.3. The third-order valence-electron chi connectivity index (χ3n) is 5.28. The van der Waals surface area contributed by atoms with Gasteiger partial charge in [-0.25, -0.2) is 4.90 Å². The van der Waals surface area contributed by atoms with E-state index in [1.165, 1.54) is 16.2 Å². The first-order chi connectivity index (χ1) is 14.7. The van der Waals surface area contributed by atoms with Gasteiger partial charge in [0.25, 0.3) is 11.8 Å². The number of imide groups is 1. The monoisotopic (exact) mass is 450 g/mol. The summed E-state index contributed by atoms with van der Waals surface area (Å²) in [6, 6.07) is 16.8. The minimum atomic E-state index is -0.381. The van der Waals surface area contributed by atoms with E-state index in [0.717, 1.165) is 16.0 Å². The first kappa shape index (κ1) is 21.3. The average molecular weight is 451 g/mol. The van der Waals surface area contributed by atoms with E-state index in [1.807, 2.05) is 60.8 Å². The molecule has 0 atom stereocenters. The van der Waals surface area contributed by atoms with Crippen LogP contribution in [-0.4, -0.2) is 11.8 Å². The molecule has 31 heavy (non-hydrogen) atoms. The Balaban J connectivity index is 1.75. The second kappa shape index (κ2) is 7.98. The van der Waals surface area contributed by atoms with Gasteiger partial charge in [-0.15, -0.1) is 11.3 Å². The van der Waals surface area contributed by atoms with Crippen molar-refractivity contribution in [1.29, 1.82) is 0 Å². The Labute approximate surface area is 191 Å². The fourth-order valence-corrected chi connectivity index (χ4v) is 4.40. The Morgan fingerprint density at radius 2 is 1.68 bits per heavy atom. The van der Waals surface area contributed by atoms with Crippen LogP contribution < -0.4 is 10.2 Å². The summed E-state index contributed by atoms with van der Waals surface area (Å²) in [6.45, 7) is 8.29. The number of carbonyl (C=O) groups excluding carboxylic acids is 2. The van der Waals surface area contributed by atoms with E-state index < -0.39 is 0 Å². The van der Waals surface area contributed by atoms with Crippen LogP contribution in [0, 0.1) is 6.92 Å². The molecule has 0 unspecified atom stereocenters. The Morgan fingerprint density at radius 3 is 2.26 bits per heavy atom. The van der Waals surface area contributed by atoms with E-state index in [1.54, 1.807) is 6.07 Å². The van der Waals surface area contributed by atoms with Gasteiger partial charge in [0, 0.05) is 15.6 Å². The van der Waals surface area contributed by atoms with Crippen LogP contribution in [0.5, 0.6) is 0 Å². The molecule has 0 saturated heterocycles. The second-order valence-electron chi connectivity index (χ2n) is 8.56. The average Bonchev–Trinajstić information content (AvgIpc) is 3.31. The summed E-state index contributed by atoms with van der Waals surface area (Å²) < 4.78 is 0. The molecule has 0 spiro atoms. The smallest absolute Gasteiger partial charge is 0.282 e. The normalized spacial score (nSPS) is 14.5. The molecular weight excluding hydrogens is 428 g/mol. The van der Waals surface area contributed by atoms with Gasteiger partial charge in [0.2, 0.25) is 0 Å². The predicted molar refractivity (Wildman–Crippen MR) is 129 cm³/mol. The molecule has 2 amide bonds. The summed E-state index contributed by atoms with van der Waals surface area (Å²) in [5.74, 6) is -0.717. The lowest BCUT2D eigenvalue weighted by molar-refractivity contribution is -0.120. The minimum Gasteiger partial charge on any atom is -0.350 e. The van der Waals surface area contributed by atoms with Gasteiger partial charge in [0.1, 0.15) is 5.70 Å². The van der Waals surface area contributed by atoms with Gasteiger partial charge < -0.3 is 5.32 Å². The minimum absolute atomic E-state index is 0.0185. The zero-order valence-electron chi connectivity index (χ0n) is 17.8. The van der Waals surface area contributed by atoms with Crippen LogP contribution in [0.2, 0.25) is 5.02 Å². The molecule has 0 saturated carbocycles. The highest BCUT2D eigenvalue weighted by molar-refractivity contribution is 7.11. The third-order valence-corrected chi connectivity index (χ3v) is 6.58. The van der Waals surface area contributed by atoms with E-state index in [9.17, 15) is 9.59 Å². The number of thiophene rings is 1. The highest BCUT2D eigenvalue weighted by Gasteiger charge is 2.40. The summed E-state index contributed by atoms with van der Waals surface area (Å²) in [6.07, 6.45) is 0. The van der Waals surface area contributed by atoms with Crippen molar-refractivity contribution >= 4 is 51.7 Å². The first-order valence-electron chi connectivity index (χ1n) is 9.97. The standard InChI is InChI=1S/C25H23ClN2O2S/c1-15-7-10-17(14-19(15)26)27-22-21(20-6-5-13-31-20)23(29)28(24(22)30)18-11-8-16(9-12-18)25(2,3)4/h5-14,27H,1-4H3. The lowest BCUT2D eigenvalue weighted by atomic mass is 9.87. The molecule has 1 N–H and O–H groups in total.